The third-order valence-corrected chi connectivity index (χ3v) is 4.03. The molecule has 2 aliphatic heterocycles. The third kappa shape index (κ3) is 4.35. The van der Waals surface area contributed by atoms with Gasteiger partial charge in [0.15, 0.2) is 0 Å². The molecule has 1 atom stereocenters. The van der Waals surface area contributed by atoms with Crippen LogP contribution in [0.15, 0.2) is 0 Å². The zero-order chi connectivity index (χ0) is 13.7. The van der Waals surface area contributed by atoms with E-state index in [0.717, 1.165) is 38.6 Å². The highest BCUT2D eigenvalue weighted by Gasteiger charge is 2.31. The molecule has 0 radical (unpaired) electrons. The highest BCUT2D eigenvalue weighted by Crippen LogP contribution is 2.20. The first-order valence-corrected chi connectivity index (χ1v) is 7.41. The van der Waals surface area contributed by atoms with E-state index in [-0.39, 0.29) is 36.2 Å². The number of likely N-dealkylation sites (tertiary alicyclic amines) is 1. The van der Waals surface area contributed by atoms with Gasteiger partial charge in [-0.05, 0) is 39.2 Å². The van der Waals surface area contributed by atoms with Crippen LogP contribution in [0.1, 0.15) is 39.0 Å². The van der Waals surface area contributed by atoms with Crippen molar-refractivity contribution < 1.29 is 14.3 Å². The number of amides is 1. The minimum absolute atomic E-state index is 0. The first kappa shape index (κ1) is 17.2. The summed E-state index contributed by atoms with van der Waals surface area (Å²) in [5, 5.41) is 3.29. The Morgan fingerprint density at radius 2 is 1.90 bits per heavy atom. The Morgan fingerprint density at radius 1 is 1.20 bits per heavy atom. The summed E-state index contributed by atoms with van der Waals surface area (Å²) in [7, 11) is 0. The van der Waals surface area contributed by atoms with Gasteiger partial charge in [-0.25, -0.2) is 0 Å². The smallest absolute Gasteiger partial charge is 0.309 e. The van der Waals surface area contributed by atoms with E-state index in [2.05, 4.69) is 5.32 Å². The van der Waals surface area contributed by atoms with Gasteiger partial charge in [-0.3, -0.25) is 9.59 Å². The Bertz CT molecular complexity index is 324. The number of nitrogens with zero attached hydrogens (tertiary/aromatic N) is 1. The van der Waals surface area contributed by atoms with Gasteiger partial charge >= 0.3 is 5.97 Å². The van der Waals surface area contributed by atoms with Crippen molar-refractivity contribution in [1.82, 2.24) is 10.2 Å². The Morgan fingerprint density at radius 3 is 2.45 bits per heavy atom. The summed E-state index contributed by atoms with van der Waals surface area (Å²) in [6, 6.07) is -0.00658. The van der Waals surface area contributed by atoms with Crippen molar-refractivity contribution in [2.24, 2.45) is 5.92 Å². The number of hydrogen-bond acceptors (Lipinski definition) is 4. The van der Waals surface area contributed by atoms with Gasteiger partial charge in [0.25, 0.3) is 0 Å². The number of ether oxygens (including phenoxy) is 1. The second-order valence-electron chi connectivity index (χ2n) is 5.35. The molecule has 1 N–H and O–H groups in total. The van der Waals surface area contributed by atoms with Crippen LogP contribution in [0, 0.1) is 5.92 Å². The molecule has 0 bridgehead atoms. The van der Waals surface area contributed by atoms with Gasteiger partial charge in [-0.1, -0.05) is 6.42 Å². The van der Waals surface area contributed by atoms with E-state index in [4.69, 9.17) is 4.74 Å². The van der Waals surface area contributed by atoms with E-state index in [1.807, 2.05) is 11.8 Å². The molecule has 2 rings (SSSR count). The van der Waals surface area contributed by atoms with Gasteiger partial charge in [0.2, 0.25) is 5.91 Å². The van der Waals surface area contributed by atoms with E-state index in [0.29, 0.717) is 19.7 Å². The third-order valence-electron chi connectivity index (χ3n) is 4.03. The van der Waals surface area contributed by atoms with Crippen LogP contribution in [0.25, 0.3) is 0 Å². The molecule has 5 nitrogen and oxygen atoms in total. The van der Waals surface area contributed by atoms with Crippen molar-refractivity contribution in [3.8, 4) is 0 Å². The minimum Gasteiger partial charge on any atom is -0.466 e. The highest BCUT2D eigenvalue weighted by atomic mass is 35.5. The molecule has 2 saturated heterocycles. The fourth-order valence-corrected chi connectivity index (χ4v) is 2.88. The normalized spacial score (nSPS) is 23.9. The van der Waals surface area contributed by atoms with Gasteiger partial charge < -0.3 is 15.0 Å². The molecule has 0 aromatic carbocycles. The van der Waals surface area contributed by atoms with E-state index in [1.54, 1.807) is 0 Å². The maximum absolute atomic E-state index is 12.3. The second kappa shape index (κ2) is 8.47. The summed E-state index contributed by atoms with van der Waals surface area (Å²) in [5.74, 6) is 0.0794. The van der Waals surface area contributed by atoms with Crippen molar-refractivity contribution in [3.63, 3.8) is 0 Å². The Balaban J connectivity index is 0.00000200. The molecule has 2 aliphatic rings. The van der Waals surface area contributed by atoms with Crippen LogP contribution in [-0.2, 0) is 14.3 Å². The molecule has 2 fully saturated rings. The maximum Gasteiger partial charge on any atom is 0.309 e. The van der Waals surface area contributed by atoms with Crippen LogP contribution in [0.5, 0.6) is 0 Å². The first-order chi connectivity index (χ1) is 9.22. The van der Waals surface area contributed by atoms with Gasteiger partial charge in [-0.15, -0.1) is 12.4 Å². The number of carbonyl (C=O) groups excluding carboxylic acids is 2. The van der Waals surface area contributed by atoms with Crippen LogP contribution in [0.3, 0.4) is 0 Å². The molecule has 0 saturated carbocycles. The number of hydrogen-bond donors (Lipinski definition) is 1. The van der Waals surface area contributed by atoms with Crippen molar-refractivity contribution >= 4 is 24.3 Å². The van der Waals surface area contributed by atoms with E-state index in [9.17, 15) is 9.59 Å². The van der Waals surface area contributed by atoms with Crippen LogP contribution in [-0.4, -0.2) is 49.1 Å². The fourth-order valence-electron chi connectivity index (χ4n) is 2.88. The van der Waals surface area contributed by atoms with Crippen LogP contribution < -0.4 is 5.32 Å². The molecule has 0 aromatic rings. The zero-order valence-electron chi connectivity index (χ0n) is 12.1. The predicted octanol–water partition coefficient (Wildman–Crippen LogP) is 1.35. The molecular formula is C14H25ClN2O3. The Hall–Kier alpha value is -0.810. The highest BCUT2D eigenvalue weighted by molar-refractivity contribution is 5.85. The monoisotopic (exact) mass is 304 g/mol. The van der Waals surface area contributed by atoms with Gasteiger partial charge in [0.1, 0.15) is 0 Å². The summed E-state index contributed by atoms with van der Waals surface area (Å²) in [6.45, 7) is 4.56. The average molecular weight is 305 g/mol. The van der Waals surface area contributed by atoms with Crippen LogP contribution >= 0.6 is 12.4 Å². The second-order valence-corrected chi connectivity index (χ2v) is 5.35. The topological polar surface area (TPSA) is 58.6 Å². The van der Waals surface area contributed by atoms with Crippen molar-refractivity contribution in [1.29, 1.82) is 0 Å². The lowest BCUT2D eigenvalue weighted by molar-refractivity contribution is -0.151. The molecule has 2 heterocycles. The number of piperidine rings is 2. The molecule has 1 amide bonds. The summed E-state index contributed by atoms with van der Waals surface area (Å²) >= 11 is 0. The van der Waals surface area contributed by atoms with Gasteiger partial charge in [0.05, 0.1) is 18.6 Å². The molecule has 0 spiro atoms. The first-order valence-electron chi connectivity index (χ1n) is 7.41. The number of esters is 1. The number of rotatable bonds is 3. The zero-order valence-corrected chi connectivity index (χ0v) is 12.9. The lowest BCUT2D eigenvalue weighted by Gasteiger charge is -2.34. The molecule has 20 heavy (non-hydrogen) atoms. The summed E-state index contributed by atoms with van der Waals surface area (Å²) < 4.78 is 5.04. The lowest BCUT2D eigenvalue weighted by atomic mass is 9.95. The van der Waals surface area contributed by atoms with Gasteiger partial charge in [0, 0.05) is 13.1 Å². The molecule has 0 aromatic heterocycles. The quantitative estimate of drug-likeness (QED) is 0.800. The number of nitrogens with one attached hydrogen (secondary N) is 1. The SMILES string of the molecule is CCOC(=O)C1CCN(C(=O)[C@H]2CCCCN2)CC1.Cl. The molecular weight excluding hydrogens is 280 g/mol. The van der Waals surface area contributed by atoms with E-state index in [1.165, 1.54) is 0 Å². The van der Waals surface area contributed by atoms with Crippen molar-refractivity contribution in [2.45, 2.75) is 45.1 Å². The van der Waals surface area contributed by atoms with E-state index >= 15 is 0 Å². The lowest BCUT2D eigenvalue weighted by Crippen LogP contribution is -2.51. The largest absolute Gasteiger partial charge is 0.466 e. The summed E-state index contributed by atoms with van der Waals surface area (Å²) in [6.07, 6.45) is 4.70. The van der Waals surface area contributed by atoms with Crippen molar-refractivity contribution in [3.05, 3.63) is 0 Å². The fraction of sp³-hybridized carbons (Fsp3) is 0.857. The average Bonchev–Trinajstić information content (AvgIpc) is 2.48. The molecule has 0 aliphatic carbocycles. The van der Waals surface area contributed by atoms with Crippen LogP contribution in [0.2, 0.25) is 0 Å². The molecule has 6 heteroatoms. The summed E-state index contributed by atoms with van der Waals surface area (Å²) in [4.78, 5) is 25.8. The van der Waals surface area contributed by atoms with Crippen molar-refractivity contribution in [2.75, 3.05) is 26.2 Å². The minimum atomic E-state index is -0.106. The standard InChI is InChI=1S/C14H24N2O3.ClH/c1-2-19-14(18)11-6-9-16(10-7-11)13(17)12-5-3-4-8-15-12;/h11-12,15H,2-10H2,1H3;1H/t12-;/m1./s1. The van der Waals surface area contributed by atoms with Crippen LogP contribution in [0.4, 0.5) is 0 Å². The number of halogens is 1. The van der Waals surface area contributed by atoms with E-state index < -0.39 is 0 Å². The number of carbonyl (C=O) groups is 2. The maximum atomic E-state index is 12.3. The molecule has 0 unspecified atom stereocenters. The predicted molar refractivity (Wildman–Crippen MR) is 78.8 cm³/mol. The van der Waals surface area contributed by atoms with Gasteiger partial charge in [-0.2, -0.15) is 0 Å². The molecule has 116 valence electrons. The Labute approximate surface area is 126 Å². The summed E-state index contributed by atoms with van der Waals surface area (Å²) in [5.41, 5.74) is 0. The Kier molecular flexibility index (Phi) is 7.30.